The van der Waals surface area contributed by atoms with E-state index in [4.69, 9.17) is 4.74 Å². The van der Waals surface area contributed by atoms with E-state index >= 15 is 0 Å². The second-order valence-electron chi connectivity index (χ2n) is 10.5. The molecule has 0 amide bonds. The van der Waals surface area contributed by atoms with Gasteiger partial charge in [-0.25, -0.2) is 0 Å². The summed E-state index contributed by atoms with van der Waals surface area (Å²) in [6.45, 7) is 4.13. The van der Waals surface area contributed by atoms with Gasteiger partial charge in [-0.2, -0.15) is 0 Å². The molecule has 0 saturated heterocycles. The Labute approximate surface area is 227 Å². The van der Waals surface area contributed by atoms with Crippen LogP contribution in [0.2, 0.25) is 0 Å². The number of nitrogens with one attached hydrogen (secondary N) is 2. The highest BCUT2D eigenvalue weighted by Gasteiger charge is 2.05. The van der Waals surface area contributed by atoms with Crippen LogP contribution < -0.4 is 15.4 Å². The standard InChI is InChI=1S/C33H54N2O2/c1-2-3-4-5-6-7-8-9-10-11-12-13-14-15-16-20-27-34-28-32(36)29-37-33-25-23-31(24-26-33)35-30-21-18-17-19-22-30/h17-19,21-26,32,34-36H,2-16,20,27-29H2,1H3. The minimum absolute atomic E-state index is 0.303. The van der Waals surface area contributed by atoms with Crippen LogP contribution in [0.1, 0.15) is 110 Å². The molecule has 208 valence electrons. The fraction of sp³-hybridized carbons (Fsp3) is 0.636. The molecular formula is C33H54N2O2. The summed E-state index contributed by atoms with van der Waals surface area (Å²) in [4.78, 5) is 0. The molecule has 3 N–H and O–H groups in total. The number of anilines is 2. The van der Waals surface area contributed by atoms with Crippen LogP contribution in [-0.4, -0.2) is 30.9 Å². The third-order valence-electron chi connectivity index (χ3n) is 6.95. The van der Waals surface area contributed by atoms with Crippen LogP contribution in [0.4, 0.5) is 11.4 Å². The zero-order chi connectivity index (χ0) is 26.2. The maximum Gasteiger partial charge on any atom is 0.119 e. The van der Waals surface area contributed by atoms with Crippen molar-refractivity contribution in [3.8, 4) is 5.75 Å². The molecular weight excluding hydrogens is 456 g/mol. The summed E-state index contributed by atoms with van der Waals surface area (Å²) in [7, 11) is 0. The number of para-hydroxylation sites is 1. The van der Waals surface area contributed by atoms with Crippen LogP contribution in [-0.2, 0) is 0 Å². The lowest BCUT2D eigenvalue weighted by Gasteiger charge is -2.14. The lowest BCUT2D eigenvalue weighted by atomic mass is 10.0. The smallest absolute Gasteiger partial charge is 0.119 e. The van der Waals surface area contributed by atoms with Crippen molar-refractivity contribution >= 4 is 11.4 Å². The second-order valence-corrected chi connectivity index (χ2v) is 10.5. The highest BCUT2D eigenvalue weighted by molar-refractivity contribution is 5.59. The number of aliphatic hydroxyl groups is 1. The number of unbranched alkanes of at least 4 members (excludes halogenated alkanes) is 15. The summed E-state index contributed by atoms with van der Waals surface area (Å²) in [5.41, 5.74) is 2.07. The van der Waals surface area contributed by atoms with Gasteiger partial charge in [0.05, 0.1) is 0 Å². The minimum Gasteiger partial charge on any atom is -0.491 e. The average Bonchev–Trinajstić information content (AvgIpc) is 2.92. The van der Waals surface area contributed by atoms with Crippen molar-refractivity contribution in [1.82, 2.24) is 5.32 Å². The number of hydrogen-bond acceptors (Lipinski definition) is 4. The predicted octanol–water partition coefficient (Wildman–Crippen LogP) is 9.02. The van der Waals surface area contributed by atoms with Crippen molar-refractivity contribution in [2.24, 2.45) is 0 Å². The van der Waals surface area contributed by atoms with Gasteiger partial charge >= 0.3 is 0 Å². The van der Waals surface area contributed by atoms with E-state index in [2.05, 4.69) is 17.6 Å². The van der Waals surface area contributed by atoms with Gasteiger partial charge in [-0.1, -0.05) is 121 Å². The Bertz CT molecular complexity index is 751. The van der Waals surface area contributed by atoms with Crippen molar-refractivity contribution in [1.29, 1.82) is 0 Å². The Kier molecular flexibility index (Phi) is 18.5. The van der Waals surface area contributed by atoms with Gasteiger partial charge in [0.25, 0.3) is 0 Å². The largest absolute Gasteiger partial charge is 0.491 e. The van der Waals surface area contributed by atoms with E-state index in [0.717, 1.165) is 23.7 Å². The van der Waals surface area contributed by atoms with E-state index < -0.39 is 6.10 Å². The van der Waals surface area contributed by atoms with Crippen LogP contribution in [0, 0.1) is 0 Å². The quantitative estimate of drug-likeness (QED) is 0.123. The molecule has 0 aromatic heterocycles. The van der Waals surface area contributed by atoms with Gasteiger partial charge < -0.3 is 20.5 Å². The number of benzene rings is 2. The first-order chi connectivity index (χ1) is 18.3. The van der Waals surface area contributed by atoms with Crippen LogP contribution in [0.3, 0.4) is 0 Å². The molecule has 1 unspecified atom stereocenters. The molecule has 1 atom stereocenters. The number of hydrogen-bond donors (Lipinski definition) is 3. The predicted molar refractivity (Wildman–Crippen MR) is 160 cm³/mol. The van der Waals surface area contributed by atoms with E-state index in [1.807, 2.05) is 54.6 Å². The zero-order valence-corrected chi connectivity index (χ0v) is 23.6. The lowest BCUT2D eigenvalue weighted by molar-refractivity contribution is 0.106. The van der Waals surface area contributed by atoms with Crippen LogP contribution in [0.15, 0.2) is 54.6 Å². The lowest BCUT2D eigenvalue weighted by Crippen LogP contribution is -2.32. The molecule has 0 saturated carbocycles. The fourth-order valence-electron chi connectivity index (χ4n) is 4.64. The summed E-state index contributed by atoms with van der Waals surface area (Å²) >= 11 is 0. The van der Waals surface area contributed by atoms with Crippen LogP contribution in [0.25, 0.3) is 0 Å². The first kappa shape index (κ1) is 31.2. The molecule has 0 fully saturated rings. The molecule has 0 aliphatic rings. The van der Waals surface area contributed by atoms with Crippen molar-refractivity contribution in [3.05, 3.63) is 54.6 Å². The van der Waals surface area contributed by atoms with E-state index in [-0.39, 0.29) is 0 Å². The summed E-state index contributed by atoms with van der Waals surface area (Å²) in [5.74, 6) is 0.774. The highest BCUT2D eigenvalue weighted by Crippen LogP contribution is 2.20. The van der Waals surface area contributed by atoms with E-state index in [0.29, 0.717) is 13.2 Å². The Morgan fingerprint density at radius 2 is 1.11 bits per heavy atom. The Morgan fingerprint density at radius 3 is 1.65 bits per heavy atom. The molecule has 0 aliphatic carbocycles. The maximum atomic E-state index is 10.2. The first-order valence-corrected chi connectivity index (χ1v) is 15.2. The Morgan fingerprint density at radius 1 is 0.622 bits per heavy atom. The molecule has 0 aliphatic heterocycles. The van der Waals surface area contributed by atoms with Crippen LogP contribution in [0.5, 0.6) is 5.75 Å². The van der Waals surface area contributed by atoms with E-state index in [9.17, 15) is 5.11 Å². The monoisotopic (exact) mass is 510 g/mol. The van der Waals surface area contributed by atoms with Crippen molar-refractivity contribution in [3.63, 3.8) is 0 Å². The third kappa shape index (κ3) is 17.2. The highest BCUT2D eigenvalue weighted by atomic mass is 16.5. The summed E-state index contributed by atoms with van der Waals surface area (Å²) in [6, 6.07) is 17.9. The molecule has 2 aromatic rings. The van der Waals surface area contributed by atoms with Gasteiger partial charge in [-0.3, -0.25) is 0 Å². The molecule has 0 bridgehead atoms. The van der Waals surface area contributed by atoms with Gasteiger partial charge in [0.1, 0.15) is 18.5 Å². The molecule has 0 heterocycles. The van der Waals surface area contributed by atoms with Crippen LogP contribution >= 0.6 is 0 Å². The molecule has 4 heteroatoms. The van der Waals surface area contributed by atoms with E-state index in [1.54, 1.807) is 0 Å². The normalized spacial score (nSPS) is 11.9. The minimum atomic E-state index is -0.497. The third-order valence-corrected chi connectivity index (χ3v) is 6.95. The van der Waals surface area contributed by atoms with Crippen molar-refractivity contribution < 1.29 is 9.84 Å². The maximum absolute atomic E-state index is 10.2. The SMILES string of the molecule is CCCCCCCCCCCCCCCCCCNCC(O)COc1ccc(Nc2ccccc2)cc1. The Balaban J connectivity index is 1.33. The van der Waals surface area contributed by atoms with Crippen molar-refractivity contribution in [2.75, 3.05) is 25.0 Å². The molecule has 37 heavy (non-hydrogen) atoms. The number of aliphatic hydroxyl groups excluding tert-OH is 1. The summed E-state index contributed by atoms with van der Waals surface area (Å²) < 4.78 is 5.74. The average molecular weight is 511 g/mol. The second kappa shape index (κ2) is 22.0. The van der Waals surface area contributed by atoms with Crippen molar-refractivity contribution in [2.45, 2.75) is 116 Å². The van der Waals surface area contributed by atoms with Gasteiger partial charge in [0.15, 0.2) is 0 Å². The van der Waals surface area contributed by atoms with Gasteiger partial charge in [0, 0.05) is 17.9 Å². The van der Waals surface area contributed by atoms with E-state index in [1.165, 1.54) is 103 Å². The van der Waals surface area contributed by atoms with Gasteiger partial charge in [-0.05, 0) is 49.4 Å². The topological polar surface area (TPSA) is 53.5 Å². The summed E-state index contributed by atoms with van der Waals surface area (Å²) in [5, 5.41) is 16.9. The van der Waals surface area contributed by atoms with Gasteiger partial charge in [-0.15, -0.1) is 0 Å². The first-order valence-electron chi connectivity index (χ1n) is 15.2. The Hall–Kier alpha value is -2.04. The summed E-state index contributed by atoms with van der Waals surface area (Å²) in [6.07, 6.45) is 21.8. The molecule has 0 spiro atoms. The van der Waals surface area contributed by atoms with Gasteiger partial charge in [0.2, 0.25) is 0 Å². The molecule has 2 rings (SSSR count). The molecule has 4 nitrogen and oxygen atoms in total. The molecule has 2 aromatic carbocycles. The molecule has 0 radical (unpaired) electrons. The number of ether oxygens (including phenoxy) is 1. The number of rotatable bonds is 24. The fourth-order valence-corrected chi connectivity index (χ4v) is 4.64. The zero-order valence-electron chi connectivity index (χ0n) is 23.6.